The molecule has 0 unspecified atom stereocenters. The highest BCUT2D eigenvalue weighted by Gasteiger charge is 2.35. The Morgan fingerprint density at radius 3 is 2.30 bits per heavy atom. The Labute approximate surface area is 248 Å². The van der Waals surface area contributed by atoms with Crippen molar-refractivity contribution in [1.82, 2.24) is 9.55 Å². The van der Waals surface area contributed by atoms with Crippen LogP contribution in [0.25, 0.3) is 16.8 Å². The van der Waals surface area contributed by atoms with E-state index in [-0.39, 0.29) is 39.6 Å². The van der Waals surface area contributed by atoms with Crippen molar-refractivity contribution in [3.63, 3.8) is 0 Å². The van der Waals surface area contributed by atoms with Crippen molar-refractivity contribution < 1.29 is 35.9 Å². The largest absolute Gasteiger partial charge is 0.434 e. The van der Waals surface area contributed by atoms with Gasteiger partial charge in [0.25, 0.3) is 0 Å². The van der Waals surface area contributed by atoms with Crippen LogP contribution in [0.3, 0.4) is 0 Å². The number of ketones is 1. The first-order valence-corrected chi connectivity index (χ1v) is 14.5. The number of hydrogen-bond donors (Lipinski definition) is 3. The number of nitrogens with two attached hydrogens (primary N) is 2. The number of aromatic nitrogens is 2. The van der Waals surface area contributed by atoms with Crippen LogP contribution in [-0.4, -0.2) is 35.1 Å². The zero-order valence-electron chi connectivity index (χ0n) is 22.5. The maximum Gasteiger partial charge on any atom is 0.434 e. The van der Waals surface area contributed by atoms with Gasteiger partial charge in [0.1, 0.15) is 17.3 Å². The van der Waals surface area contributed by atoms with Gasteiger partial charge in [-0.05, 0) is 66.6 Å². The lowest BCUT2D eigenvalue weighted by Crippen LogP contribution is -2.35. The molecule has 9 nitrogen and oxygen atoms in total. The highest BCUT2D eigenvalue weighted by Crippen LogP contribution is 2.36. The molecular formula is C28H24ClF4N5O4S. The smallest absolute Gasteiger partial charge is 0.403 e. The Morgan fingerprint density at radius 1 is 1.12 bits per heavy atom. The maximum atomic E-state index is 14.9. The standard InChI is InChI=1S/C28H24ClF4N5O4S/c1-15-36-26(28(31,32)33)13-37(15)22-8-5-17(18-9-21(30)20(14-39)25(11-18)43(2,41)42)10-23(22)38(35)24(12-34)27(40)16-3-6-19(29)7-4-16/h3-13,39H,14,34-35H2,1-2H3/b24-12-. The fourth-order valence-electron chi connectivity index (χ4n) is 4.36. The molecule has 4 rings (SSSR count). The van der Waals surface area contributed by atoms with Crippen molar-refractivity contribution >= 4 is 32.9 Å². The second-order valence-electron chi connectivity index (χ2n) is 9.37. The van der Waals surface area contributed by atoms with Crippen LogP contribution < -0.4 is 16.6 Å². The summed E-state index contributed by atoms with van der Waals surface area (Å²) < 4.78 is 81.2. The topological polar surface area (TPSA) is 145 Å². The Hall–Kier alpha value is -4.24. The molecule has 0 amide bonds. The van der Waals surface area contributed by atoms with Crippen molar-refractivity contribution in [1.29, 1.82) is 0 Å². The van der Waals surface area contributed by atoms with Crippen LogP contribution in [0.2, 0.25) is 5.02 Å². The summed E-state index contributed by atoms with van der Waals surface area (Å²) in [4.78, 5) is 16.5. The fraction of sp³-hybridized carbons (Fsp3) is 0.143. The minimum Gasteiger partial charge on any atom is -0.403 e. The number of anilines is 1. The molecule has 5 N–H and O–H groups in total. The Bertz CT molecular complexity index is 1860. The molecule has 0 aliphatic rings. The molecule has 0 atom stereocenters. The van der Waals surface area contributed by atoms with Crippen LogP contribution in [0.1, 0.15) is 27.4 Å². The third kappa shape index (κ3) is 6.41. The number of alkyl halides is 3. The maximum absolute atomic E-state index is 14.9. The van der Waals surface area contributed by atoms with E-state index >= 15 is 0 Å². The number of imidazole rings is 1. The van der Waals surface area contributed by atoms with Gasteiger partial charge in [-0.3, -0.25) is 9.80 Å². The SMILES string of the molecule is Cc1nc(C(F)(F)F)cn1-c1ccc(-c2cc(F)c(CO)c(S(C)(=O)=O)c2)cc1N(N)/C(=C\N)C(=O)c1ccc(Cl)cc1. The number of carbonyl (C=O) groups is 1. The van der Waals surface area contributed by atoms with Gasteiger partial charge in [-0.2, -0.15) is 13.2 Å². The summed E-state index contributed by atoms with van der Waals surface area (Å²) in [5, 5.41) is 10.8. The van der Waals surface area contributed by atoms with Crippen LogP contribution in [0.5, 0.6) is 0 Å². The van der Waals surface area contributed by atoms with E-state index in [2.05, 4.69) is 4.98 Å². The average Bonchev–Trinajstić information content (AvgIpc) is 3.34. The van der Waals surface area contributed by atoms with E-state index in [0.717, 1.165) is 40.4 Å². The van der Waals surface area contributed by atoms with Gasteiger partial charge < -0.3 is 15.4 Å². The van der Waals surface area contributed by atoms with Gasteiger partial charge in [-0.25, -0.2) is 23.6 Å². The number of hydrazine groups is 1. The number of aryl methyl sites for hydroxylation is 1. The number of halogens is 5. The minimum absolute atomic E-state index is 0.0331. The van der Waals surface area contributed by atoms with Gasteiger partial charge in [0.05, 0.1) is 22.9 Å². The molecule has 4 aromatic rings. The van der Waals surface area contributed by atoms with Gasteiger partial charge in [0, 0.05) is 34.8 Å². The molecule has 0 spiro atoms. The molecule has 0 radical (unpaired) electrons. The van der Waals surface area contributed by atoms with Gasteiger partial charge >= 0.3 is 6.18 Å². The number of hydrogen-bond acceptors (Lipinski definition) is 8. The van der Waals surface area contributed by atoms with Gasteiger partial charge in [0.2, 0.25) is 5.78 Å². The third-order valence-corrected chi connectivity index (χ3v) is 7.88. The van der Waals surface area contributed by atoms with Crippen LogP contribution in [0, 0.1) is 12.7 Å². The molecule has 1 heterocycles. The summed E-state index contributed by atoms with van der Waals surface area (Å²) in [6.45, 7) is 0.446. The predicted molar refractivity (Wildman–Crippen MR) is 152 cm³/mol. The molecule has 0 fully saturated rings. The summed E-state index contributed by atoms with van der Waals surface area (Å²) in [5.41, 5.74) is 4.21. The lowest BCUT2D eigenvalue weighted by atomic mass is 10.0. The van der Waals surface area contributed by atoms with Gasteiger partial charge in [-0.15, -0.1) is 0 Å². The number of nitrogens with zero attached hydrogens (tertiary/aromatic N) is 3. The number of allylic oxidation sites excluding steroid dienone is 1. The summed E-state index contributed by atoms with van der Waals surface area (Å²) >= 11 is 5.92. The first-order valence-electron chi connectivity index (χ1n) is 12.2. The second kappa shape index (κ2) is 11.8. The molecule has 3 aromatic carbocycles. The zero-order valence-corrected chi connectivity index (χ0v) is 24.1. The van der Waals surface area contributed by atoms with Crippen molar-refractivity contribution in [3.8, 4) is 16.8 Å². The van der Waals surface area contributed by atoms with E-state index in [9.17, 15) is 35.9 Å². The Morgan fingerprint density at radius 2 is 1.77 bits per heavy atom. The molecule has 226 valence electrons. The van der Waals surface area contributed by atoms with E-state index in [1.165, 1.54) is 49.4 Å². The number of carbonyl (C=O) groups excluding carboxylic acids is 1. The Kier molecular flexibility index (Phi) is 8.70. The van der Waals surface area contributed by atoms with Crippen LogP contribution >= 0.6 is 11.6 Å². The summed E-state index contributed by atoms with van der Waals surface area (Å²) in [6.07, 6.45) is -2.26. The lowest BCUT2D eigenvalue weighted by molar-refractivity contribution is -0.141. The Balaban J connectivity index is 1.96. The molecule has 0 aliphatic carbocycles. The number of benzene rings is 3. The molecule has 15 heteroatoms. The average molecular weight is 638 g/mol. The number of aliphatic hydroxyl groups excluding tert-OH is 1. The number of sulfone groups is 1. The van der Waals surface area contributed by atoms with Crippen LogP contribution in [0.4, 0.5) is 23.2 Å². The van der Waals surface area contributed by atoms with Crippen molar-refractivity contribution in [2.75, 3.05) is 11.3 Å². The van der Waals surface area contributed by atoms with Crippen LogP contribution in [-0.2, 0) is 22.6 Å². The summed E-state index contributed by atoms with van der Waals surface area (Å²) in [6, 6.07) is 12.0. The van der Waals surface area contributed by atoms with Crippen molar-refractivity contribution in [2.24, 2.45) is 11.6 Å². The zero-order chi connectivity index (χ0) is 31.9. The van der Waals surface area contributed by atoms with Gasteiger partial charge in [-0.1, -0.05) is 17.7 Å². The summed E-state index contributed by atoms with van der Waals surface area (Å²) in [7, 11) is -3.99. The molecule has 43 heavy (non-hydrogen) atoms. The van der Waals surface area contributed by atoms with E-state index in [1.807, 2.05) is 0 Å². The van der Waals surface area contributed by atoms with Gasteiger partial charge in [0.15, 0.2) is 15.5 Å². The number of aliphatic hydroxyl groups is 1. The highest BCUT2D eigenvalue weighted by atomic mass is 35.5. The number of Topliss-reactive ketones (excluding diaryl/α,β-unsaturated/α-hetero) is 1. The first kappa shape index (κ1) is 31.7. The van der Waals surface area contributed by atoms with Crippen LogP contribution in [0.15, 0.2) is 77.6 Å². The first-order chi connectivity index (χ1) is 20.1. The molecule has 0 aliphatic heterocycles. The van der Waals surface area contributed by atoms with E-state index in [4.69, 9.17) is 23.2 Å². The third-order valence-electron chi connectivity index (χ3n) is 6.47. The highest BCUT2D eigenvalue weighted by molar-refractivity contribution is 7.90. The van der Waals surface area contributed by atoms with E-state index in [1.54, 1.807) is 0 Å². The molecule has 0 saturated heterocycles. The van der Waals surface area contributed by atoms with Crippen molar-refractivity contribution in [3.05, 3.63) is 106 Å². The molecule has 0 bridgehead atoms. The number of rotatable bonds is 8. The predicted octanol–water partition coefficient (Wildman–Crippen LogP) is 4.92. The second-order valence-corrected chi connectivity index (χ2v) is 11.8. The molecule has 0 saturated carbocycles. The quantitative estimate of drug-likeness (QED) is 0.0812. The monoisotopic (exact) mass is 637 g/mol. The summed E-state index contributed by atoms with van der Waals surface area (Å²) in [5.74, 6) is 4.66. The normalized spacial score (nSPS) is 12.4. The van der Waals surface area contributed by atoms with E-state index < -0.39 is 50.4 Å². The van der Waals surface area contributed by atoms with E-state index in [0.29, 0.717) is 5.02 Å². The fourth-order valence-corrected chi connectivity index (χ4v) is 5.44. The van der Waals surface area contributed by atoms with Crippen molar-refractivity contribution in [2.45, 2.75) is 24.6 Å². The molecular weight excluding hydrogens is 614 g/mol. The minimum atomic E-state index is -4.76. The molecule has 1 aromatic heterocycles. The lowest BCUT2D eigenvalue weighted by Gasteiger charge is -2.25.